The van der Waals surface area contributed by atoms with Gasteiger partial charge in [0.2, 0.25) is 0 Å². The lowest BCUT2D eigenvalue weighted by Gasteiger charge is -2.13. The van der Waals surface area contributed by atoms with E-state index in [1.807, 2.05) is 43.5 Å². The largest absolute Gasteiger partial charge is 0.462 e. The fourth-order valence-electron chi connectivity index (χ4n) is 3.07. The van der Waals surface area contributed by atoms with Crippen molar-refractivity contribution in [3.63, 3.8) is 0 Å². The Balaban J connectivity index is 1.65. The molecule has 0 saturated heterocycles. The van der Waals surface area contributed by atoms with Crippen LogP contribution < -0.4 is 5.32 Å². The molecule has 0 spiro atoms. The van der Waals surface area contributed by atoms with E-state index in [1.165, 1.54) is 18.4 Å². The van der Waals surface area contributed by atoms with Gasteiger partial charge in [-0.05, 0) is 67.1 Å². The third-order valence-corrected chi connectivity index (χ3v) is 4.58. The number of nitrogens with one attached hydrogen (secondary N) is 2. The summed E-state index contributed by atoms with van der Waals surface area (Å²) < 4.78 is 5.38. The van der Waals surface area contributed by atoms with Crippen molar-refractivity contribution in [1.29, 1.82) is 0 Å². The minimum atomic E-state index is -0.255. The Kier molecular flexibility index (Phi) is 4.18. The van der Waals surface area contributed by atoms with Gasteiger partial charge in [-0.1, -0.05) is 13.0 Å². The van der Waals surface area contributed by atoms with Crippen LogP contribution in [0.5, 0.6) is 0 Å². The van der Waals surface area contributed by atoms with E-state index in [2.05, 4.69) is 22.4 Å². The maximum atomic E-state index is 12.5. The molecule has 0 unspecified atom stereocenters. The molecule has 1 heterocycles. The highest BCUT2D eigenvalue weighted by molar-refractivity contribution is 5.97. The van der Waals surface area contributed by atoms with Crippen LogP contribution in [0.3, 0.4) is 0 Å². The molecule has 25 heavy (non-hydrogen) atoms. The molecule has 1 saturated carbocycles. The van der Waals surface area contributed by atoms with E-state index in [-0.39, 0.29) is 5.97 Å². The molecule has 2 aromatic carbocycles. The van der Waals surface area contributed by atoms with Gasteiger partial charge in [0.25, 0.3) is 0 Å². The van der Waals surface area contributed by atoms with Crippen molar-refractivity contribution in [2.75, 3.05) is 11.9 Å². The van der Waals surface area contributed by atoms with Gasteiger partial charge >= 0.3 is 5.97 Å². The smallest absolute Gasteiger partial charge is 0.340 e. The number of aromatic nitrogens is 1. The number of esters is 1. The topological polar surface area (TPSA) is 54.1 Å². The molecular weight excluding hydrogens is 312 g/mol. The molecule has 0 amide bonds. The van der Waals surface area contributed by atoms with Crippen molar-refractivity contribution in [2.24, 2.45) is 0 Å². The summed E-state index contributed by atoms with van der Waals surface area (Å²) in [6, 6.07) is 14.3. The monoisotopic (exact) mass is 334 g/mol. The quantitative estimate of drug-likeness (QED) is 0.597. The van der Waals surface area contributed by atoms with E-state index in [0.29, 0.717) is 18.1 Å². The number of hydrogen-bond acceptors (Lipinski definition) is 3. The number of fused-ring (bicyclic) bond motifs is 1. The van der Waals surface area contributed by atoms with Crippen LogP contribution in [0.4, 0.5) is 11.4 Å². The van der Waals surface area contributed by atoms with E-state index in [0.717, 1.165) is 28.7 Å². The summed E-state index contributed by atoms with van der Waals surface area (Å²) in [6.45, 7) is 2.44. The first-order valence-electron chi connectivity index (χ1n) is 8.90. The number of benzene rings is 2. The minimum absolute atomic E-state index is 0.255. The van der Waals surface area contributed by atoms with Crippen LogP contribution in [-0.2, 0) is 4.74 Å². The zero-order valence-corrected chi connectivity index (χ0v) is 14.3. The number of hydrogen-bond donors (Lipinski definition) is 2. The molecule has 3 aromatic rings. The van der Waals surface area contributed by atoms with Crippen LogP contribution >= 0.6 is 0 Å². The highest BCUT2D eigenvalue weighted by Gasteiger charge is 2.25. The summed E-state index contributed by atoms with van der Waals surface area (Å²) in [4.78, 5) is 15.7. The second-order valence-electron chi connectivity index (χ2n) is 6.62. The van der Waals surface area contributed by atoms with Crippen molar-refractivity contribution in [2.45, 2.75) is 32.1 Å². The Hall–Kier alpha value is -2.75. The lowest BCUT2D eigenvalue weighted by Crippen LogP contribution is -2.09. The third-order valence-electron chi connectivity index (χ3n) is 4.58. The molecule has 0 atom stereocenters. The molecule has 2 N–H and O–H groups in total. The van der Waals surface area contributed by atoms with Gasteiger partial charge in [-0.2, -0.15) is 0 Å². The second kappa shape index (κ2) is 6.63. The number of ether oxygens (including phenoxy) is 1. The number of carbonyl (C=O) groups excluding carboxylic acids is 1. The SMILES string of the molecule is CCCOC(=O)c1cc(C2CC2)ccc1Nc1ccc2[nH]ccc2c1. The van der Waals surface area contributed by atoms with Crippen LogP contribution in [0.15, 0.2) is 48.7 Å². The molecule has 0 aliphatic heterocycles. The van der Waals surface area contributed by atoms with Crippen molar-refractivity contribution < 1.29 is 9.53 Å². The zero-order chi connectivity index (χ0) is 17.2. The van der Waals surface area contributed by atoms with Gasteiger partial charge in [0.05, 0.1) is 17.9 Å². The average Bonchev–Trinajstić information content (AvgIpc) is 3.38. The Bertz CT molecular complexity index is 909. The summed E-state index contributed by atoms with van der Waals surface area (Å²) in [6.07, 6.45) is 5.16. The van der Waals surface area contributed by atoms with Crippen molar-refractivity contribution in [3.8, 4) is 0 Å². The standard InChI is InChI=1S/C21H22N2O2/c1-2-11-25-21(24)18-13-15(14-3-4-14)5-7-20(18)23-17-6-8-19-16(12-17)9-10-22-19/h5-10,12-14,22-23H,2-4,11H2,1H3. The number of anilines is 2. The molecule has 0 bridgehead atoms. The van der Waals surface area contributed by atoms with Crippen molar-refractivity contribution in [1.82, 2.24) is 4.98 Å². The molecular formula is C21H22N2O2. The molecule has 1 aliphatic carbocycles. The zero-order valence-electron chi connectivity index (χ0n) is 14.3. The molecule has 1 aromatic heterocycles. The van der Waals surface area contributed by atoms with Gasteiger partial charge in [0, 0.05) is 22.8 Å². The van der Waals surface area contributed by atoms with Gasteiger partial charge in [-0.25, -0.2) is 4.79 Å². The predicted octanol–water partition coefficient (Wildman–Crippen LogP) is 5.36. The second-order valence-corrected chi connectivity index (χ2v) is 6.62. The van der Waals surface area contributed by atoms with Crippen LogP contribution in [0.2, 0.25) is 0 Å². The van der Waals surface area contributed by atoms with Crippen LogP contribution in [-0.4, -0.2) is 17.6 Å². The summed E-state index contributed by atoms with van der Waals surface area (Å²) in [5.74, 6) is 0.345. The van der Waals surface area contributed by atoms with Gasteiger partial charge in [0.15, 0.2) is 0 Å². The van der Waals surface area contributed by atoms with E-state index < -0.39 is 0 Å². The number of H-pyrrole nitrogens is 1. The van der Waals surface area contributed by atoms with Crippen molar-refractivity contribution in [3.05, 3.63) is 59.8 Å². The van der Waals surface area contributed by atoms with Gasteiger partial charge in [0.1, 0.15) is 0 Å². The Morgan fingerprint density at radius 2 is 2.08 bits per heavy atom. The molecule has 4 nitrogen and oxygen atoms in total. The van der Waals surface area contributed by atoms with Gasteiger partial charge in [-0.15, -0.1) is 0 Å². The van der Waals surface area contributed by atoms with Crippen LogP contribution in [0, 0.1) is 0 Å². The minimum Gasteiger partial charge on any atom is -0.462 e. The first kappa shape index (κ1) is 15.8. The highest BCUT2D eigenvalue weighted by atomic mass is 16.5. The number of carbonyl (C=O) groups is 1. The first-order chi connectivity index (χ1) is 12.2. The predicted molar refractivity (Wildman–Crippen MR) is 101 cm³/mol. The molecule has 4 rings (SSSR count). The highest BCUT2D eigenvalue weighted by Crippen LogP contribution is 2.41. The van der Waals surface area contributed by atoms with Crippen LogP contribution in [0.25, 0.3) is 10.9 Å². The van der Waals surface area contributed by atoms with Gasteiger partial charge in [-0.3, -0.25) is 0 Å². The van der Waals surface area contributed by atoms with Crippen molar-refractivity contribution >= 4 is 28.2 Å². The van der Waals surface area contributed by atoms with E-state index in [4.69, 9.17) is 4.74 Å². The summed E-state index contributed by atoms with van der Waals surface area (Å²) in [7, 11) is 0. The lowest BCUT2D eigenvalue weighted by molar-refractivity contribution is 0.0506. The Morgan fingerprint density at radius 3 is 2.88 bits per heavy atom. The number of aromatic amines is 1. The summed E-state index contributed by atoms with van der Waals surface area (Å²) in [5, 5.41) is 4.52. The first-order valence-corrected chi connectivity index (χ1v) is 8.90. The molecule has 1 fully saturated rings. The molecule has 128 valence electrons. The Morgan fingerprint density at radius 1 is 1.20 bits per heavy atom. The lowest BCUT2D eigenvalue weighted by atomic mass is 10.0. The normalized spacial score (nSPS) is 13.8. The van der Waals surface area contributed by atoms with Gasteiger partial charge < -0.3 is 15.0 Å². The van der Waals surface area contributed by atoms with E-state index >= 15 is 0 Å². The molecule has 4 heteroatoms. The fourth-order valence-corrected chi connectivity index (χ4v) is 3.07. The summed E-state index contributed by atoms with van der Waals surface area (Å²) >= 11 is 0. The average molecular weight is 334 g/mol. The molecule has 0 radical (unpaired) electrons. The summed E-state index contributed by atoms with van der Waals surface area (Å²) in [5.41, 5.74) is 4.69. The maximum absolute atomic E-state index is 12.5. The van der Waals surface area contributed by atoms with E-state index in [9.17, 15) is 4.79 Å². The Labute approximate surface area is 147 Å². The molecule has 1 aliphatic rings. The maximum Gasteiger partial charge on any atom is 0.340 e. The van der Waals surface area contributed by atoms with Crippen LogP contribution in [0.1, 0.15) is 48.0 Å². The fraction of sp³-hybridized carbons (Fsp3) is 0.286. The third kappa shape index (κ3) is 3.38. The number of rotatable bonds is 6. The van der Waals surface area contributed by atoms with E-state index in [1.54, 1.807) is 0 Å².